The molecule has 0 radical (unpaired) electrons. The number of hydrogen-bond donors (Lipinski definition) is 0. The van der Waals surface area contributed by atoms with Gasteiger partial charge < -0.3 is 28.4 Å². The smallest absolute Gasteiger partial charge is 0.303 e. The third-order valence-electron chi connectivity index (χ3n) is 6.03. The van der Waals surface area contributed by atoms with Crippen LogP contribution in [0, 0.1) is 11.8 Å². The molecule has 0 aliphatic carbocycles. The molecular weight excluding hydrogens is 486 g/mol. The van der Waals surface area contributed by atoms with Gasteiger partial charge in [-0.25, -0.2) is 0 Å². The van der Waals surface area contributed by atoms with Gasteiger partial charge in [-0.15, -0.1) is 0 Å². The van der Waals surface area contributed by atoms with E-state index in [0.717, 1.165) is 0 Å². The maximum absolute atomic E-state index is 12.6. The molecule has 0 saturated carbocycles. The summed E-state index contributed by atoms with van der Waals surface area (Å²) in [6.07, 6.45) is -1.28. The van der Waals surface area contributed by atoms with E-state index in [0.29, 0.717) is 36.7 Å². The second-order valence-corrected chi connectivity index (χ2v) is 8.71. The van der Waals surface area contributed by atoms with Crippen molar-refractivity contribution in [3.05, 3.63) is 34.2 Å². The maximum atomic E-state index is 12.6. The molecule has 1 heterocycles. The Labute approximate surface area is 216 Å². The molecule has 204 valence electrons. The average Bonchev–Trinajstić information content (AvgIpc) is 2.86. The summed E-state index contributed by atoms with van der Waals surface area (Å²) in [7, 11) is 1.47. The molecule has 0 N–H and O–H groups in total. The number of esters is 2. The number of hydrogen-bond acceptors (Lipinski definition) is 10. The SMILES string of the molecule is COc1cc(C(=O)CCCOCCN=[N+]=[N-])ccc1O[C@@H]1O[C@H](COC(C)=O)[C@H](OC(C)=O)[C@H](C)[C@H]1C. The van der Waals surface area contributed by atoms with Gasteiger partial charge in [-0.1, -0.05) is 19.0 Å². The Bertz CT molecular complexity index is 980. The Balaban J connectivity index is 2.06. The molecule has 12 nitrogen and oxygen atoms in total. The Hall–Kier alpha value is -3.34. The van der Waals surface area contributed by atoms with Crippen LogP contribution in [-0.2, 0) is 28.5 Å². The van der Waals surface area contributed by atoms with Crippen molar-refractivity contribution in [3.63, 3.8) is 0 Å². The van der Waals surface area contributed by atoms with Crippen LogP contribution in [0.3, 0.4) is 0 Å². The summed E-state index contributed by atoms with van der Waals surface area (Å²) in [4.78, 5) is 38.3. The Morgan fingerprint density at radius 2 is 1.84 bits per heavy atom. The lowest BCUT2D eigenvalue weighted by atomic mass is 9.84. The summed E-state index contributed by atoms with van der Waals surface area (Å²) >= 11 is 0. The topological polar surface area (TPSA) is 155 Å². The van der Waals surface area contributed by atoms with Crippen LogP contribution >= 0.6 is 0 Å². The number of carbonyl (C=O) groups is 3. The zero-order valence-corrected chi connectivity index (χ0v) is 21.9. The van der Waals surface area contributed by atoms with Crippen molar-refractivity contribution in [2.75, 3.05) is 33.5 Å². The van der Waals surface area contributed by atoms with Gasteiger partial charge in [-0.3, -0.25) is 14.4 Å². The number of ketones is 1. The zero-order valence-electron chi connectivity index (χ0n) is 21.9. The van der Waals surface area contributed by atoms with E-state index < -0.39 is 30.4 Å². The third-order valence-corrected chi connectivity index (χ3v) is 6.03. The number of nitrogens with zero attached hydrogens (tertiary/aromatic N) is 3. The minimum absolute atomic E-state index is 0.0786. The lowest BCUT2D eigenvalue weighted by Crippen LogP contribution is -2.54. The quantitative estimate of drug-likeness (QED) is 0.0886. The fraction of sp³-hybridized carbons (Fsp3) is 0.640. The van der Waals surface area contributed by atoms with Gasteiger partial charge in [0, 0.05) is 55.7 Å². The van der Waals surface area contributed by atoms with Crippen LogP contribution in [0.15, 0.2) is 23.3 Å². The largest absolute Gasteiger partial charge is 0.493 e. The first kappa shape index (κ1) is 29.9. The normalized spacial score (nSPS) is 22.9. The van der Waals surface area contributed by atoms with E-state index in [1.165, 1.54) is 21.0 Å². The first-order valence-corrected chi connectivity index (χ1v) is 12.1. The minimum atomic E-state index is -0.750. The van der Waals surface area contributed by atoms with Crippen molar-refractivity contribution in [1.29, 1.82) is 0 Å². The molecule has 12 heteroatoms. The molecule has 1 aliphatic rings. The summed E-state index contributed by atoms with van der Waals surface area (Å²) < 4.78 is 33.6. The van der Waals surface area contributed by atoms with E-state index in [2.05, 4.69) is 10.0 Å². The third kappa shape index (κ3) is 9.23. The standard InChI is InChI=1S/C25H35N3O9/c1-15-16(2)25(37-23(14-34-17(3)29)24(15)35-18(4)30)36-21-9-8-19(13-22(21)32-5)20(31)7-6-11-33-12-10-27-28-26/h8-9,13,15-16,23-25H,6-7,10-12,14H2,1-5H3/t15-,16-,23-,24-,25-/m1/s1. The van der Waals surface area contributed by atoms with Gasteiger partial charge in [-0.05, 0) is 30.2 Å². The second-order valence-electron chi connectivity index (χ2n) is 8.71. The minimum Gasteiger partial charge on any atom is -0.493 e. The van der Waals surface area contributed by atoms with Gasteiger partial charge in [0.15, 0.2) is 17.3 Å². The Kier molecular flexibility index (Phi) is 12.1. The van der Waals surface area contributed by atoms with Crippen LogP contribution < -0.4 is 9.47 Å². The number of methoxy groups -OCH3 is 1. The lowest BCUT2D eigenvalue weighted by molar-refractivity contribution is -0.248. The van der Waals surface area contributed by atoms with Gasteiger partial charge in [0.05, 0.1) is 13.7 Å². The van der Waals surface area contributed by atoms with Crippen LogP contribution in [0.4, 0.5) is 0 Å². The van der Waals surface area contributed by atoms with E-state index in [1.54, 1.807) is 18.2 Å². The molecule has 1 aliphatic heterocycles. The number of rotatable bonds is 14. The van der Waals surface area contributed by atoms with Crippen LogP contribution in [0.25, 0.3) is 10.4 Å². The number of benzene rings is 1. The van der Waals surface area contributed by atoms with Crippen molar-refractivity contribution in [3.8, 4) is 11.5 Å². The maximum Gasteiger partial charge on any atom is 0.303 e. The van der Waals surface area contributed by atoms with Crippen LogP contribution in [0.1, 0.15) is 50.9 Å². The number of ether oxygens (including phenoxy) is 6. The molecule has 1 aromatic rings. The predicted octanol–water partition coefficient (Wildman–Crippen LogP) is 3.86. The van der Waals surface area contributed by atoms with E-state index in [1.807, 2.05) is 13.8 Å². The molecule has 1 saturated heterocycles. The average molecular weight is 522 g/mol. The highest BCUT2D eigenvalue weighted by molar-refractivity contribution is 5.96. The zero-order chi connectivity index (χ0) is 27.4. The summed E-state index contributed by atoms with van der Waals surface area (Å²) in [6.45, 7) is 7.27. The number of azide groups is 1. The van der Waals surface area contributed by atoms with E-state index in [9.17, 15) is 14.4 Å². The first-order chi connectivity index (χ1) is 17.7. The van der Waals surface area contributed by atoms with Gasteiger partial charge in [0.1, 0.15) is 18.8 Å². The molecule has 0 aromatic heterocycles. The predicted molar refractivity (Wildman–Crippen MR) is 131 cm³/mol. The summed E-state index contributed by atoms with van der Waals surface area (Å²) in [5.41, 5.74) is 8.70. The van der Waals surface area contributed by atoms with Crippen LogP contribution in [0.2, 0.25) is 0 Å². The monoisotopic (exact) mass is 521 g/mol. The van der Waals surface area contributed by atoms with E-state index in [-0.39, 0.29) is 37.2 Å². The number of carbonyl (C=O) groups excluding carboxylic acids is 3. The molecular formula is C25H35N3O9. The lowest BCUT2D eigenvalue weighted by Gasteiger charge is -2.43. The van der Waals surface area contributed by atoms with E-state index in [4.69, 9.17) is 34.0 Å². The van der Waals surface area contributed by atoms with Crippen molar-refractivity contribution in [1.82, 2.24) is 0 Å². The van der Waals surface area contributed by atoms with Gasteiger partial charge in [0.25, 0.3) is 0 Å². The van der Waals surface area contributed by atoms with Crippen molar-refractivity contribution >= 4 is 17.7 Å². The summed E-state index contributed by atoms with van der Waals surface area (Å²) in [5, 5.41) is 3.38. The van der Waals surface area contributed by atoms with Gasteiger partial charge in [0.2, 0.25) is 6.29 Å². The highest BCUT2D eigenvalue weighted by atomic mass is 16.7. The number of Topliss-reactive ketones (excluding diaryl/α,β-unsaturated/α-hetero) is 1. The molecule has 0 spiro atoms. The van der Waals surface area contributed by atoms with Crippen molar-refractivity contribution in [2.24, 2.45) is 17.0 Å². The molecule has 37 heavy (non-hydrogen) atoms. The molecule has 5 atom stereocenters. The Morgan fingerprint density at radius 1 is 1.08 bits per heavy atom. The highest BCUT2D eigenvalue weighted by Gasteiger charge is 2.45. The molecule has 2 rings (SSSR count). The Morgan fingerprint density at radius 3 is 2.49 bits per heavy atom. The molecule has 0 bridgehead atoms. The summed E-state index contributed by atoms with van der Waals surface area (Å²) in [6, 6.07) is 4.90. The summed E-state index contributed by atoms with van der Waals surface area (Å²) in [5.74, 6) is -0.630. The van der Waals surface area contributed by atoms with Crippen molar-refractivity contribution in [2.45, 2.75) is 59.0 Å². The second kappa shape index (κ2) is 15.0. The fourth-order valence-electron chi connectivity index (χ4n) is 3.90. The van der Waals surface area contributed by atoms with Gasteiger partial charge >= 0.3 is 11.9 Å². The van der Waals surface area contributed by atoms with Crippen molar-refractivity contribution < 1.29 is 42.8 Å². The molecule has 0 amide bonds. The molecule has 0 unspecified atom stereocenters. The molecule has 1 fully saturated rings. The van der Waals surface area contributed by atoms with Crippen LogP contribution in [-0.4, -0.2) is 69.7 Å². The highest BCUT2D eigenvalue weighted by Crippen LogP contribution is 2.37. The van der Waals surface area contributed by atoms with E-state index >= 15 is 0 Å². The fourth-order valence-corrected chi connectivity index (χ4v) is 3.90. The van der Waals surface area contributed by atoms with Gasteiger partial charge in [-0.2, -0.15) is 0 Å². The van der Waals surface area contributed by atoms with Crippen LogP contribution in [0.5, 0.6) is 11.5 Å². The first-order valence-electron chi connectivity index (χ1n) is 12.1. The molecule has 1 aromatic carbocycles.